The third kappa shape index (κ3) is 5.24. The normalized spacial score (nSPS) is 28.6. The minimum atomic E-state index is -0.0481. The maximum atomic E-state index is 12.4. The molecule has 1 amide bonds. The lowest BCUT2D eigenvalue weighted by atomic mass is 9.61. The minimum Gasteiger partial charge on any atom is -0.378 e. The zero-order chi connectivity index (χ0) is 16.0. The van der Waals surface area contributed by atoms with Crippen LogP contribution in [0.5, 0.6) is 0 Å². The van der Waals surface area contributed by atoms with Crippen molar-refractivity contribution < 1.29 is 9.53 Å². The standard InChI is InChI=1S/C16H33N3O2/c1-12-14(17)7-6-13(16(12,2)3)15(20)18-8-10-21-11-9-19(4)5/h12-14H,6-11,17H2,1-5H3,(H,18,20). The summed E-state index contributed by atoms with van der Waals surface area (Å²) >= 11 is 0. The topological polar surface area (TPSA) is 67.6 Å². The summed E-state index contributed by atoms with van der Waals surface area (Å²) in [6, 6.07) is 0.207. The van der Waals surface area contributed by atoms with E-state index in [4.69, 9.17) is 10.5 Å². The minimum absolute atomic E-state index is 0.0481. The molecule has 5 nitrogen and oxygen atoms in total. The Labute approximate surface area is 129 Å². The lowest BCUT2D eigenvalue weighted by Gasteiger charge is -2.46. The molecule has 0 heterocycles. The number of hydrogen-bond donors (Lipinski definition) is 2. The highest BCUT2D eigenvalue weighted by molar-refractivity contribution is 5.79. The molecule has 0 aromatic rings. The van der Waals surface area contributed by atoms with Crippen LogP contribution in [0.1, 0.15) is 33.6 Å². The van der Waals surface area contributed by atoms with Crippen molar-refractivity contribution in [2.75, 3.05) is 40.4 Å². The molecule has 3 N–H and O–H groups in total. The van der Waals surface area contributed by atoms with Gasteiger partial charge in [-0.1, -0.05) is 20.8 Å². The number of carbonyl (C=O) groups excluding carboxylic acids is 1. The molecule has 0 spiro atoms. The average Bonchev–Trinajstić information content (AvgIpc) is 2.39. The molecule has 0 aliphatic heterocycles. The average molecular weight is 299 g/mol. The van der Waals surface area contributed by atoms with Crippen molar-refractivity contribution in [3.05, 3.63) is 0 Å². The van der Waals surface area contributed by atoms with Gasteiger partial charge in [-0.15, -0.1) is 0 Å². The third-order valence-electron chi connectivity index (χ3n) is 5.05. The summed E-state index contributed by atoms with van der Waals surface area (Å²) in [5.41, 5.74) is 6.09. The Balaban J connectivity index is 2.31. The highest BCUT2D eigenvalue weighted by atomic mass is 16.5. The molecule has 1 fully saturated rings. The van der Waals surface area contributed by atoms with Gasteiger partial charge in [0.2, 0.25) is 5.91 Å². The number of rotatable bonds is 7. The van der Waals surface area contributed by atoms with Gasteiger partial charge in [0.05, 0.1) is 13.2 Å². The molecule has 21 heavy (non-hydrogen) atoms. The van der Waals surface area contributed by atoms with Crippen LogP contribution in [0.25, 0.3) is 0 Å². The van der Waals surface area contributed by atoms with Gasteiger partial charge in [0.25, 0.3) is 0 Å². The number of carbonyl (C=O) groups is 1. The van der Waals surface area contributed by atoms with Crippen molar-refractivity contribution in [1.29, 1.82) is 0 Å². The summed E-state index contributed by atoms with van der Waals surface area (Å²) in [4.78, 5) is 14.5. The number of amides is 1. The molecular formula is C16H33N3O2. The molecule has 1 aliphatic rings. The van der Waals surface area contributed by atoms with Gasteiger partial charge in [0, 0.05) is 25.0 Å². The second-order valence-corrected chi connectivity index (χ2v) is 7.11. The largest absolute Gasteiger partial charge is 0.378 e. The molecule has 0 bridgehead atoms. The fourth-order valence-corrected chi connectivity index (χ4v) is 3.04. The summed E-state index contributed by atoms with van der Waals surface area (Å²) in [6.45, 7) is 9.24. The van der Waals surface area contributed by atoms with Crippen molar-refractivity contribution in [2.45, 2.75) is 39.7 Å². The number of likely N-dealkylation sites (N-methyl/N-ethyl adjacent to an activating group) is 1. The van der Waals surface area contributed by atoms with Gasteiger partial charge in [0.1, 0.15) is 0 Å². The van der Waals surface area contributed by atoms with E-state index < -0.39 is 0 Å². The number of ether oxygens (including phenoxy) is 1. The zero-order valence-electron chi connectivity index (χ0n) is 14.3. The highest BCUT2D eigenvalue weighted by Gasteiger charge is 2.44. The van der Waals surface area contributed by atoms with Gasteiger partial charge < -0.3 is 20.7 Å². The quantitative estimate of drug-likeness (QED) is 0.690. The molecular weight excluding hydrogens is 266 g/mol. The SMILES string of the molecule is CC1C(N)CCC(C(=O)NCCOCCN(C)C)C1(C)C. The molecule has 0 saturated heterocycles. The number of hydrogen-bond acceptors (Lipinski definition) is 4. The number of nitrogens with two attached hydrogens (primary N) is 1. The number of nitrogens with zero attached hydrogens (tertiary/aromatic N) is 1. The maximum Gasteiger partial charge on any atom is 0.223 e. The van der Waals surface area contributed by atoms with E-state index in [0.717, 1.165) is 19.4 Å². The van der Waals surface area contributed by atoms with Crippen LogP contribution >= 0.6 is 0 Å². The molecule has 0 aromatic carbocycles. The van der Waals surface area contributed by atoms with Crippen LogP contribution < -0.4 is 11.1 Å². The van der Waals surface area contributed by atoms with E-state index in [1.807, 2.05) is 14.1 Å². The fraction of sp³-hybridized carbons (Fsp3) is 0.938. The van der Waals surface area contributed by atoms with Gasteiger partial charge in [-0.25, -0.2) is 0 Å². The summed E-state index contributed by atoms with van der Waals surface area (Å²) in [6.07, 6.45) is 1.81. The zero-order valence-corrected chi connectivity index (χ0v) is 14.3. The van der Waals surface area contributed by atoms with Crippen LogP contribution in [0.2, 0.25) is 0 Å². The summed E-state index contributed by atoms with van der Waals surface area (Å²) in [5.74, 6) is 0.558. The van der Waals surface area contributed by atoms with E-state index in [-0.39, 0.29) is 23.3 Å². The first-order valence-corrected chi connectivity index (χ1v) is 8.02. The molecule has 124 valence electrons. The van der Waals surface area contributed by atoms with Crippen LogP contribution in [0.15, 0.2) is 0 Å². The Kier molecular flexibility index (Phi) is 7.10. The lowest BCUT2D eigenvalue weighted by molar-refractivity contribution is -0.132. The van der Waals surface area contributed by atoms with Gasteiger partial charge in [-0.05, 0) is 38.3 Å². The van der Waals surface area contributed by atoms with Crippen LogP contribution in [0, 0.1) is 17.3 Å². The second-order valence-electron chi connectivity index (χ2n) is 7.11. The van der Waals surface area contributed by atoms with Crippen molar-refractivity contribution in [1.82, 2.24) is 10.2 Å². The van der Waals surface area contributed by atoms with E-state index in [9.17, 15) is 4.79 Å². The van der Waals surface area contributed by atoms with Crippen molar-refractivity contribution in [3.8, 4) is 0 Å². The predicted octanol–water partition coefficient (Wildman–Crippen LogP) is 1.08. The molecule has 5 heteroatoms. The van der Waals surface area contributed by atoms with Crippen molar-refractivity contribution in [3.63, 3.8) is 0 Å². The molecule has 3 atom stereocenters. The summed E-state index contributed by atoms with van der Waals surface area (Å²) in [7, 11) is 4.03. The van der Waals surface area contributed by atoms with Gasteiger partial charge in [-0.3, -0.25) is 4.79 Å². The fourth-order valence-electron chi connectivity index (χ4n) is 3.04. The Morgan fingerprint density at radius 3 is 2.62 bits per heavy atom. The van der Waals surface area contributed by atoms with Crippen LogP contribution in [0.3, 0.4) is 0 Å². The first-order valence-electron chi connectivity index (χ1n) is 8.02. The molecule has 0 aromatic heterocycles. The van der Waals surface area contributed by atoms with Crippen LogP contribution in [-0.2, 0) is 9.53 Å². The van der Waals surface area contributed by atoms with E-state index in [2.05, 4.69) is 31.0 Å². The van der Waals surface area contributed by atoms with Crippen molar-refractivity contribution in [2.24, 2.45) is 23.0 Å². The lowest BCUT2D eigenvalue weighted by Crippen LogP contribution is -2.51. The van der Waals surface area contributed by atoms with Crippen molar-refractivity contribution >= 4 is 5.91 Å². The van der Waals surface area contributed by atoms with E-state index >= 15 is 0 Å². The smallest absolute Gasteiger partial charge is 0.223 e. The maximum absolute atomic E-state index is 12.4. The van der Waals surface area contributed by atoms with Gasteiger partial charge >= 0.3 is 0 Å². The molecule has 3 unspecified atom stereocenters. The van der Waals surface area contributed by atoms with E-state index in [1.165, 1.54) is 0 Å². The molecule has 1 saturated carbocycles. The van der Waals surface area contributed by atoms with Gasteiger partial charge in [-0.2, -0.15) is 0 Å². The predicted molar refractivity (Wildman–Crippen MR) is 86.0 cm³/mol. The molecule has 1 aliphatic carbocycles. The first-order chi connectivity index (χ1) is 9.76. The Hall–Kier alpha value is -0.650. The van der Waals surface area contributed by atoms with E-state index in [0.29, 0.717) is 25.7 Å². The number of nitrogens with one attached hydrogen (secondary N) is 1. The summed E-state index contributed by atoms with van der Waals surface area (Å²) in [5, 5.41) is 3.01. The Morgan fingerprint density at radius 2 is 2.00 bits per heavy atom. The molecule has 1 rings (SSSR count). The van der Waals surface area contributed by atoms with Crippen LogP contribution in [-0.4, -0.2) is 57.2 Å². The first kappa shape index (κ1) is 18.4. The van der Waals surface area contributed by atoms with Gasteiger partial charge in [0.15, 0.2) is 0 Å². The monoisotopic (exact) mass is 299 g/mol. The summed E-state index contributed by atoms with van der Waals surface area (Å²) < 4.78 is 5.50. The second kappa shape index (κ2) is 8.11. The van der Waals surface area contributed by atoms with E-state index in [1.54, 1.807) is 0 Å². The third-order valence-corrected chi connectivity index (χ3v) is 5.05. The Bertz CT molecular complexity index is 331. The molecule has 0 radical (unpaired) electrons. The van der Waals surface area contributed by atoms with Crippen LogP contribution in [0.4, 0.5) is 0 Å². The Morgan fingerprint density at radius 1 is 1.33 bits per heavy atom. The highest BCUT2D eigenvalue weighted by Crippen LogP contribution is 2.44.